The van der Waals surface area contributed by atoms with Crippen LogP contribution in [0, 0.1) is 0 Å². The van der Waals surface area contributed by atoms with E-state index >= 15 is 0 Å². The van der Waals surface area contributed by atoms with Gasteiger partial charge in [0.25, 0.3) is 0 Å². The van der Waals surface area contributed by atoms with Crippen molar-refractivity contribution in [2.45, 2.75) is 25.7 Å². The molecule has 2 N–H and O–H groups in total. The SMILES string of the molecule is Nc1c2c(nc3ccc(-c4cccnc4)cc13)CCCC2. The number of nitrogen functional groups attached to an aromatic ring is 1. The van der Waals surface area contributed by atoms with Crippen molar-refractivity contribution >= 4 is 16.6 Å². The first-order chi connectivity index (χ1) is 10.3. The lowest BCUT2D eigenvalue weighted by Gasteiger charge is -2.18. The van der Waals surface area contributed by atoms with Gasteiger partial charge in [0.05, 0.1) is 5.52 Å². The average Bonchev–Trinajstić information content (AvgIpc) is 2.56. The van der Waals surface area contributed by atoms with Crippen LogP contribution in [0.3, 0.4) is 0 Å². The zero-order valence-corrected chi connectivity index (χ0v) is 11.8. The van der Waals surface area contributed by atoms with Gasteiger partial charge in [0, 0.05) is 34.7 Å². The van der Waals surface area contributed by atoms with E-state index in [0.29, 0.717) is 0 Å². The van der Waals surface area contributed by atoms with E-state index < -0.39 is 0 Å². The van der Waals surface area contributed by atoms with Gasteiger partial charge < -0.3 is 5.73 Å². The number of nitrogens with two attached hydrogens (primary N) is 1. The fourth-order valence-electron chi connectivity index (χ4n) is 3.17. The molecule has 2 aromatic heterocycles. The highest BCUT2D eigenvalue weighted by atomic mass is 14.7. The maximum absolute atomic E-state index is 6.43. The second-order valence-corrected chi connectivity index (χ2v) is 5.63. The summed E-state index contributed by atoms with van der Waals surface area (Å²) in [5, 5.41) is 1.07. The second-order valence-electron chi connectivity index (χ2n) is 5.63. The normalized spacial score (nSPS) is 14.1. The molecule has 0 saturated carbocycles. The summed E-state index contributed by atoms with van der Waals surface area (Å²) in [6.45, 7) is 0. The molecule has 2 heterocycles. The summed E-state index contributed by atoms with van der Waals surface area (Å²) in [6, 6.07) is 10.3. The summed E-state index contributed by atoms with van der Waals surface area (Å²) in [4.78, 5) is 9.00. The average molecular weight is 275 g/mol. The van der Waals surface area contributed by atoms with E-state index in [1.54, 1.807) is 6.20 Å². The molecule has 0 bridgehead atoms. The van der Waals surface area contributed by atoms with Crippen molar-refractivity contribution < 1.29 is 0 Å². The molecule has 1 aliphatic rings. The van der Waals surface area contributed by atoms with Crippen LogP contribution in [0.5, 0.6) is 0 Å². The molecule has 21 heavy (non-hydrogen) atoms. The maximum atomic E-state index is 6.43. The number of fused-ring (bicyclic) bond motifs is 2. The highest BCUT2D eigenvalue weighted by Crippen LogP contribution is 2.33. The Hall–Kier alpha value is -2.42. The summed E-state index contributed by atoms with van der Waals surface area (Å²) in [7, 11) is 0. The molecule has 4 rings (SSSR count). The van der Waals surface area contributed by atoms with Crippen molar-refractivity contribution in [3.05, 3.63) is 54.0 Å². The minimum Gasteiger partial charge on any atom is -0.398 e. The van der Waals surface area contributed by atoms with Gasteiger partial charge in [0.2, 0.25) is 0 Å². The Morgan fingerprint density at radius 3 is 2.76 bits per heavy atom. The number of anilines is 1. The van der Waals surface area contributed by atoms with Crippen LogP contribution in [-0.2, 0) is 12.8 Å². The van der Waals surface area contributed by atoms with E-state index in [-0.39, 0.29) is 0 Å². The quantitative estimate of drug-likeness (QED) is 0.735. The molecule has 0 aliphatic heterocycles. The third-order valence-corrected chi connectivity index (χ3v) is 4.30. The van der Waals surface area contributed by atoms with E-state index in [2.05, 4.69) is 29.2 Å². The minimum atomic E-state index is 0.917. The molecule has 0 atom stereocenters. The Labute approximate surface area is 123 Å². The zero-order valence-electron chi connectivity index (χ0n) is 11.8. The van der Waals surface area contributed by atoms with Crippen molar-refractivity contribution in [1.82, 2.24) is 9.97 Å². The Balaban J connectivity index is 1.93. The number of hydrogen-bond donors (Lipinski definition) is 1. The van der Waals surface area contributed by atoms with Gasteiger partial charge in [-0.3, -0.25) is 9.97 Å². The van der Waals surface area contributed by atoms with E-state index in [9.17, 15) is 0 Å². The minimum absolute atomic E-state index is 0.917. The first-order valence-electron chi connectivity index (χ1n) is 7.44. The van der Waals surface area contributed by atoms with Crippen molar-refractivity contribution in [1.29, 1.82) is 0 Å². The molecule has 0 fully saturated rings. The number of nitrogens with zero attached hydrogens (tertiary/aromatic N) is 2. The van der Waals surface area contributed by atoms with Crippen LogP contribution < -0.4 is 5.73 Å². The van der Waals surface area contributed by atoms with Crippen LogP contribution in [0.25, 0.3) is 22.0 Å². The van der Waals surface area contributed by atoms with Crippen LogP contribution >= 0.6 is 0 Å². The highest BCUT2D eigenvalue weighted by Gasteiger charge is 2.16. The number of pyridine rings is 2. The van der Waals surface area contributed by atoms with Crippen molar-refractivity contribution in [3.63, 3.8) is 0 Å². The summed E-state index contributed by atoms with van der Waals surface area (Å²) >= 11 is 0. The smallest absolute Gasteiger partial charge is 0.0726 e. The molecule has 1 aromatic carbocycles. The van der Waals surface area contributed by atoms with Crippen molar-refractivity contribution in [2.75, 3.05) is 5.73 Å². The maximum Gasteiger partial charge on any atom is 0.0726 e. The third kappa shape index (κ3) is 2.05. The van der Waals surface area contributed by atoms with Gasteiger partial charge in [-0.1, -0.05) is 12.1 Å². The lowest BCUT2D eigenvalue weighted by molar-refractivity contribution is 0.673. The first-order valence-corrected chi connectivity index (χ1v) is 7.44. The summed E-state index contributed by atoms with van der Waals surface area (Å²) < 4.78 is 0. The standard InChI is InChI=1S/C18H17N3/c19-18-14-5-1-2-6-16(14)21-17-8-7-12(10-15(17)18)13-4-3-9-20-11-13/h3-4,7-11H,1-2,5-6H2,(H2,19,21). The highest BCUT2D eigenvalue weighted by molar-refractivity contribution is 5.95. The second kappa shape index (κ2) is 4.85. The zero-order chi connectivity index (χ0) is 14.2. The Morgan fingerprint density at radius 2 is 1.90 bits per heavy atom. The fourth-order valence-corrected chi connectivity index (χ4v) is 3.17. The lowest BCUT2D eigenvalue weighted by Crippen LogP contribution is -2.09. The Morgan fingerprint density at radius 1 is 1.00 bits per heavy atom. The topological polar surface area (TPSA) is 51.8 Å². The van der Waals surface area contributed by atoms with Gasteiger partial charge in [-0.05, 0) is 55.0 Å². The van der Waals surface area contributed by atoms with Crippen molar-refractivity contribution in [2.24, 2.45) is 0 Å². The fraction of sp³-hybridized carbons (Fsp3) is 0.222. The third-order valence-electron chi connectivity index (χ3n) is 4.30. The number of aryl methyl sites for hydroxylation is 1. The first kappa shape index (κ1) is 12.3. The monoisotopic (exact) mass is 275 g/mol. The summed E-state index contributed by atoms with van der Waals surface area (Å²) in [5.41, 5.74) is 13.1. The van der Waals surface area contributed by atoms with Crippen LogP contribution in [0.1, 0.15) is 24.1 Å². The van der Waals surface area contributed by atoms with E-state index in [4.69, 9.17) is 10.7 Å². The lowest BCUT2D eigenvalue weighted by atomic mass is 9.92. The molecule has 3 aromatic rings. The van der Waals surface area contributed by atoms with Crippen LogP contribution in [0.15, 0.2) is 42.7 Å². The molecule has 1 aliphatic carbocycles. The van der Waals surface area contributed by atoms with E-state index in [1.165, 1.54) is 24.1 Å². The molecule has 3 nitrogen and oxygen atoms in total. The Kier molecular flexibility index (Phi) is 2.85. The predicted molar refractivity (Wildman–Crippen MR) is 86.0 cm³/mol. The number of benzene rings is 1. The van der Waals surface area contributed by atoms with Crippen LogP contribution in [-0.4, -0.2) is 9.97 Å². The van der Waals surface area contributed by atoms with Gasteiger partial charge in [-0.25, -0.2) is 0 Å². The van der Waals surface area contributed by atoms with Crippen LogP contribution in [0.4, 0.5) is 5.69 Å². The van der Waals surface area contributed by atoms with Gasteiger partial charge >= 0.3 is 0 Å². The number of rotatable bonds is 1. The molecular formula is C18H17N3. The molecule has 0 radical (unpaired) electrons. The van der Waals surface area contributed by atoms with Gasteiger partial charge in [0.1, 0.15) is 0 Å². The van der Waals surface area contributed by atoms with Gasteiger partial charge in [0.15, 0.2) is 0 Å². The number of hydrogen-bond acceptors (Lipinski definition) is 3. The number of aromatic nitrogens is 2. The summed E-state index contributed by atoms with van der Waals surface area (Å²) in [5.74, 6) is 0. The molecule has 0 amide bonds. The Bertz CT molecular complexity index is 810. The van der Waals surface area contributed by atoms with Gasteiger partial charge in [-0.2, -0.15) is 0 Å². The largest absolute Gasteiger partial charge is 0.398 e. The van der Waals surface area contributed by atoms with Crippen molar-refractivity contribution in [3.8, 4) is 11.1 Å². The molecule has 3 heteroatoms. The molecule has 0 unspecified atom stereocenters. The van der Waals surface area contributed by atoms with Gasteiger partial charge in [-0.15, -0.1) is 0 Å². The van der Waals surface area contributed by atoms with E-state index in [0.717, 1.165) is 40.6 Å². The molecular weight excluding hydrogens is 258 g/mol. The molecule has 104 valence electrons. The summed E-state index contributed by atoms with van der Waals surface area (Å²) in [6.07, 6.45) is 8.21. The molecule has 0 spiro atoms. The predicted octanol–water partition coefficient (Wildman–Crippen LogP) is 3.76. The van der Waals surface area contributed by atoms with E-state index in [1.807, 2.05) is 12.3 Å². The molecule has 0 saturated heterocycles. The van der Waals surface area contributed by atoms with Crippen LogP contribution in [0.2, 0.25) is 0 Å².